The Labute approximate surface area is 176 Å². The maximum absolute atomic E-state index is 6.06. The molecule has 0 fully saturated rings. The normalized spacial score (nSPS) is 11.2. The molecule has 0 aliphatic heterocycles. The number of hydrogen-bond donors (Lipinski definition) is 1. The van der Waals surface area contributed by atoms with E-state index in [4.69, 9.17) is 4.74 Å². The highest BCUT2D eigenvalue weighted by atomic mass is 16.5. The van der Waals surface area contributed by atoms with Gasteiger partial charge in [-0.15, -0.1) is 0 Å². The molecule has 0 aliphatic rings. The largest absolute Gasteiger partial charge is 0.472 e. The molecular weight excluding hydrogens is 374 g/mol. The first-order valence-corrected chi connectivity index (χ1v) is 9.73. The number of benzene rings is 1. The van der Waals surface area contributed by atoms with Crippen LogP contribution in [0, 0.1) is 0 Å². The molecule has 30 heavy (non-hydrogen) atoms. The maximum Gasteiger partial charge on any atom is 0.227 e. The minimum Gasteiger partial charge on any atom is -0.472 e. The fourth-order valence-corrected chi connectivity index (χ4v) is 2.91. The highest BCUT2D eigenvalue weighted by Crippen LogP contribution is 2.29. The Bertz CT molecular complexity index is 1130. The van der Waals surface area contributed by atoms with Gasteiger partial charge in [0.15, 0.2) is 0 Å². The number of pyridine rings is 2. The Morgan fingerprint density at radius 2 is 1.63 bits per heavy atom. The molecule has 0 bridgehead atoms. The lowest BCUT2D eigenvalue weighted by Crippen LogP contribution is -2.23. The lowest BCUT2D eigenvalue weighted by molar-refractivity contribution is 0.124. The van der Waals surface area contributed by atoms with Gasteiger partial charge in [-0.1, -0.05) is 18.2 Å². The van der Waals surface area contributed by atoms with Gasteiger partial charge in [0.05, 0.1) is 11.4 Å². The molecule has 0 atom stereocenters. The van der Waals surface area contributed by atoms with E-state index in [1.54, 1.807) is 18.6 Å². The quantitative estimate of drug-likeness (QED) is 0.478. The van der Waals surface area contributed by atoms with Gasteiger partial charge in [-0.05, 0) is 57.2 Å². The molecule has 3 aromatic heterocycles. The van der Waals surface area contributed by atoms with Crippen LogP contribution in [0.3, 0.4) is 0 Å². The summed E-state index contributed by atoms with van der Waals surface area (Å²) in [6.07, 6.45) is 5.27. The number of nitrogens with zero attached hydrogens (tertiary/aromatic N) is 4. The summed E-state index contributed by atoms with van der Waals surface area (Å²) < 4.78 is 6.06. The van der Waals surface area contributed by atoms with Crippen molar-refractivity contribution in [1.29, 1.82) is 0 Å². The van der Waals surface area contributed by atoms with Crippen molar-refractivity contribution in [2.24, 2.45) is 0 Å². The summed E-state index contributed by atoms with van der Waals surface area (Å²) in [5, 5.41) is 3.23. The summed E-state index contributed by atoms with van der Waals surface area (Å²) in [6, 6.07) is 19.5. The zero-order valence-electron chi connectivity index (χ0n) is 17.2. The van der Waals surface area contributed by atoms with Gasteiger partial charge in [0.2, 0.25) is 11.8 Å². The molecule has 0 saturated carbocycles. The van der Waals surface area contributed by atoms with E-state index >= 15 is 0 Å². The molecule has 0 saturated heterocycles. The fourth-order valence-electron chi connectivity index (χ4n) is 2.91. The maximum atomic E-state index is 6.06. The monoisotopic (exact) mass is 397 g/mol. The zero-order valence-corrected chi connectivity index (χ0v) is 17.2. The second-order valence-electron chi connectivity index (χ2n) is 7.79. The van der Waals surface area contributed by atoms with E-state index in [2.05, 4.69) is 25.3 Å². The van der Waals surface area contributed by atoms with Crippen LogP contribution < -0.4 is 10.1 Å². The molecule has 0 unspecified atom stereocenters. The van der Waals surface area contributed by atoms with Crippen molar-refractivity contribution in [3.8, 4) is 28.4 Å². The Morgan fingerprint density at radius 1 is 0.800 bits per heavy atom. The molecule has 1 aromatic carbocycles. The summed E-state index contributed by atoms with van der Waals surface area (Å²) in [5.41, 5.74) is 3.91. The summed E-state index contributed by atoms with van der Waals surface area (Å²) in [6.45, 7) is 5.99. The Balaban J connectivity index is 1.74. The zero-order chi connectivity index (χ0) is 21.0. The average molecular weight is 397 g/mol. The minimum atomic E-state index is -0.371. The van der Waals surface area contributed by atoms with Crippen LogP contribution in [-0.4, -0.2) is 25.5 Å². The third kappa shape index (κ3) is 4.97. The molecule has 6 heteroatoms. The molecule has 4 aromatic rings. The predicted octanol–water partition coefficient (Wildman–Crippen LogP) is 5.52. The highest BCUT2D eigenvalue weighted by molar-refractivity contribution is 5.70. The Morgan fingerprint density at radius 3 is 2.37 bits per heavy atom. The average Bonchev–Trinajstić information content (AvgIpc) is 2.74. The van der Waals surface area contributed by atoms with Crippen LogP contribution in [0.25, 0.3) is 22.5 Å². The first kappa shape index (κ1) is 19.5. The van der Waals surface area contributed by atoms with Gasteiger partial charge in [-0.3, -0.25) is 4.98 Å². The van der Waals surface area contributed by atoms with E-state index in [-0.39, 0.29) is 5.60 Å². The van der Waals surface area contributed by atoms with Crippen LogP contribution >= 0.6 is 0 Å². The van der Waals surface area contributed by atoms with Gasteiger partial charge in [-0.2, -0.15) is 0 Å². The molecule has 0 spiro atoms. The van der Waals surface area contributed by atoms with Crippen molar-refractivity contribution in [2.45, 2.75) is 26.4 Å². The third-order valence-corrected chi connectivity index (χ3v) is 4.15. The number of para-hydroxylation sites is 1. The molecule has 0 amide bonds. The lowest BCUT2D eigenvalue weighted by Gasteiger charge is -2.21. The number of aromatic nitrogens is 4. The van der Waals surface area contributed by atoms with E-state index in [0.29, 0.717) is 11.8 Å². The van der Waals surface area contributed by atoms with Gasteiger partial charge < -0.3 is 10.1 Å². The van der Waals surface area contributed by atoms with Crippen molar-refractivity contribution >= 4 is 11.6 Å². The molecule has 150 valence electrons. The first-order chi connectivity index (χ1) is 14.5. The first-order valence-electron chi connectivity index (χ1n) is 9.73. The molecular formula is C24H23N5O. The molecule has 0 radical (unpaired) electrons. The van der Waals surface area contributed by atoms with Crippen molar-refractivity contribution in [1.82, 2.24) is 19.9 Å². The third-order valence-electron chi connectivity index (χ3n) is 4.15. The predicted molar refractivity (Wildman–Crippen MR) is 119 cm³/mol. The smallest absolute Gasteiger partial charge is 0.227 e. The number of rotatable bonds is 5. The number of nitrogens with one attached hydrogen (secondary N) is 1. The number of ether oxygens (including phenoxy) is 1. The second-order valence-corrected chi connectivity index (χ2v) is 7.79. The van der Waals surface area contributed by atoms with Crippen molar-refractivity contribution in [2.75, 3.05) is 5.32 Å². The highest BCUT2D eigenvalue weighted by Gasteiger charge is 2.16. The number of anilines is 2. The Hall–Kier alpha value is -3.80. The van der Waals surface area contributed by atoms with Gasteiger partial charge in [-0.25, -0.2) is 15.0 Å². The van der Waals surface area contributed by atoms with Crippen LogP contribution in [0.2, 0.25) is 0 Å². The van der Waals surface area contributed by atoms with E-state index in [1.165, 1.54) is 0 Å². The van der Waals surface area contributed by atoms with Gasteiger partial charge >= 0.3 is 0 Å². The number of hydrogen-bond acceptors (Lipinski definition) is 6. The van der Waals surface area contributed by atoms with Gasteiger partial charge in [0.1, 0.15) is 5.60 Å². The summed E-state index contributed by atoms with van der Waals surface area (Å²) in [5.74, 6) is 1.06. The standard InChI is InChI=1S/C24H23N5O/c1-24(2,3)30-22-15-18(14-21(28-22)17-8-7-12-25-16-17)20-11-13-26-23(29-20)27-19-9-5-4-6-10-19/h4-16H,1-3H3,(H,26,27,29). The van der Waals surface area contributed by atoms with E-state index in [0.717, 1.165) is 28.2 Å². The molecule has 1 N–H and O–H groups in total. The minimum absolute atomic E-state index is 0.371. The van der Waals surface area contributed by atoms with Crippen LogP contribution in [0.5, 0.6) is 5.88 Å². The van der Waals surface area contributed by atoms with Crippen LogP contribution in [0.1, 0.15) is 20.8 Å². The SMILES string of the molecule is CC(C)(C)Oc1cc(-c2ccnc(Nc3ccccc3)n2)cc(-c2cccnc2)n1. The van der Waals surface area contributed by atoms with Crippen molar-refractivity contribution in [3.63, 3.8) is 0 Å². The van der Waals surface area contributed by atoms with E-state index in [9.17, 15) is 0 Å². The summed E-state index contributed by atoms with van der Waals surface area (Å²) in [7, 11) is 0. The molecule has 3 heterocycles. The Kier molecular flexibility index (Phi) is 5.39. The van der Waals surface area contributed by atoms with Crippen LogP contribution in [-0.2, 0) is 0 Å². The van der Waals surface area contributed by atoms with Crippen LogP contribution in [0.4, 0.5) is 11.6 Å². The second kappa shape index (κ2) is 8.29. The van der Waals surface area contributed by atoms with Gasteiger partial charge in [0.25, 0.3) is 0 Å². The van der Waals surface area contributed by atoms with Crippen LogP contribution in [0.15, 0.2) is 79.3 Å². The van der Waals surface area contributed by atoms with Crippen molar-refractivity contribution < 1.29 is 4.74 Å². The molecule has 4 rings (SSSR count). The van der Waals surface area contributed by atoms with E-state index in [1.807, 2.05) is 81.4 Å². The van der Waals surface area contributed by atoms with E-state index < -0.39 is 0 Å². The van der Waals surface area contributed by atoms with Crippen molar-refractivity contribution in [3.05, 3.63) is 79.3 Å². The van der Waals surface area contributed by atoms with Gasteiger partial charge in [0, 0.05) is 41.5 Å². The summed E-state index contributed by atoms with van der Waals surface area (Å²) >= 11 is 0. The lowest BCUT2D eigenvalue weighted by atomic mass is 10.1. The summed E-state index contributed by atoms with van der Waals surface area (Å²) in [4.78, 5) is 17.9. The fraction of sp³-hybridized carbons (Fsp3) is 0.167. The molecule has 0 aliphatic carbocycles. The molecule has 6 nitrogen and oxygen atoms in total. The topological polar surface area (TPSA) is 72.8 Å².